The van der Waals surface area contributed by atoms with Gasteiger partial charge < -0.3 is 38.8 Å². The van der Waals surface area contributed by atoms with Crippen molar-refractivity contribution in [3.63, 3.8) is 0 Å². The number of methoxy groups -OCH3 is 2. The van der Waals surface area contributed by atoms with E-state index in [2.05, 4.69) is 0 Å². The van der Waals surface area contributed by atoms with Gasteiger partial charge in [0.05, 0.1) is 31.8 Å². The maximum Gasteiger partial charge on any atom is 0.410 e. The highest BCUT2D eigenvalue weighted by molar-refractivity contribution is 5.95. The Balaban J connectivity index is 1.81. The Labute approximate surface area is 275 Å². The number of hydrogen-bond acceptors (Lipinski definition) is 8. The molecular formula is C35H57N3O8. The highest BCUT2D eigenvalue weighted by Gasteiger charge is 2.40. The molecule has 3 amide bonds. The van der Waals surface area contributed by atoms with E-state index in [1.807, 2.05) is 44.4 Å². The first-order valence-corrected chi connectivity index (χ1v) is 16.7. The molecule has 1 heterocycles. The molecule has 0 aromatic heterocycles. The fraction of sp³-hybridized carbons (Fsp3) is 0.743. The summed E-state index contributed by atoms with van der Waals surface area (Å²) in [4.78, 5) is 46.3. The summed E-state index contributed by atoms with van der Waals surface area (Å²) in [5.74, 6) is 0.823. The smallest absolute Gasteiger partial charge is 0.410 e. The number of piperidine rings is 1. The SMILES string of the molecule is COCCCOc1cc(C(=O)N(C(C)C)[C@@H]2CC[C@H](CCN(C(=O)CC(C)(C)O)C3CC3)N(C(=O)OC(C)(C)C)C2)ccc1OC. The van der Waals surface area contributed by atoms with Gasteiger partial charge >= 0.3 is 6.09 Å². The lowest BCUT2D eigenvalue weighted by Gasteiger charge is -2.45. The van der Waals surface area contributed by atoms with Crippen LogP contribution in [0.1, 0.15) is 104 Å². The van der Waals surface area contributed by atoms with Crippen molar-refractivity contribution in [1.29, 1.82) is 0 Å². The molecule has 0 bridgehead atoms. The molecule has 1 N–H and O–H groups in total. The Morgan fingerprint density at radius 1 is 0.978 bits per heavy atom. The van der Waals surface area contributed by atoms with Gasteiger partial charge in [-0.2, -0.15) is 0 Å². The van der Waals surface area contributed by atoms with Gasteiger partial charge in [-0.25, -0.2) is 4.79 Å². The van der Waals surface area contributed by atoms with Gasteiger partial charge in [0, 0.05) is 56.9 Å². The molecule has 1 aromatic rings. The van der Waals surface area contributed by atoms with Crippen molar-refractivity contribution in [2.75, 3.05) is 40.5 Å². The van der Waals surface area contributed by atoms with Crippen LogP contribution in [0.4, 0.5) is 4.79 Å². The molecule has 0 unspecified atom stereocenters. The number of nitrogens with zero attached hydrogens (tertiary/aromatic N) is 3. The molecule has 1 saturated heterocycles. The zero-order valence-electron chi connectivity index (χ0n) is 29.5. The molecule has 2 fully saturated rings. The van der Waals surface area contributed by atoms with Crippen LogP contribution in [0.2, 0.25) is 0 Å². The molecule has 2 atom stereocenters. The number of likely N-dealkylation sites (tertiary alicyclic amines) is 1. The van der Waals surface area contributed by atoms with Crippen molar-refractivity contribution in [1.82, 2.24) is 14.7 Å². The number of aliphatic hydroxyl groups is 1. The molecule has 1 aliphatic heterocycles. The number of carbonyl (C=O) groups is 3. The van der Waals surface area contributed by atoms with Gasteiger partial charge in [0.1, 0.15) is 5.60 Å². The van der Waals surface area contributed by atoms with Crippen molar-refractivity contribution >= 4 is 17.9 Å². The van der Waals surface area contributed by atoms with Crippen LogP contribution in [0, 0.1) is 0 Å². The predicted molar refractivity (Wildman–Crippen MR) is 176 cm³/mol. The van der Waals surface area contributed by atoms with Crippen LogP contribution in [0.15, 0.2) is 18.2 Å². The highest BCUT2D eigenvalue weighted by atomic mass is 16.6. The second-order valence-corrected chi connectivity index (χ2v) is 14.5. The normalized spacial score (nSPS) is 18.7. The summed E-state index contributed by atoms with van der Waals surface area (Å²) in [6.45, 7) is 14.6. The van der Waals surface area contributed by atoms with Crippen LogP contribution >= 0.6 is 0 Å². The summed E-state index contributed by atoms with van der Waals surface area (Å²) in [7, 11) is 3.21. The maximum absolute atomic E-state index is 14.1. The number of ether oxygens (including phenoxy) is 4. The van der Waals surface area contributed by atoms with Crippen molar-refractivity contribution in [2.24, 2.45) is 0 Å². The number of amides is 3. The summed E-state index contributed by atoms with van der Waals surface area (Å²) in [5, 5.41) is 10.3. The zero-order valence-corrected chi connectivity index (χ0v) is 29.5. The van der Waals surface area contributed by atoms with Gasteiger partial charge in [-0.1, -0.05) is 0 Å². The van der Waals surface area contributed by atoms with E-state index in [1.165, 1.54) is 0 Å². The maximum atomic E-state index is 14.1. The van der Waals surface area contributed by atoms with Gasteiger partial charge in [-0.3, -0.25) is 9.59 Å². The summed E-state index contributed by atoms with van der Waals surface area (Å²) in [6, 6.07) is 4.87. The van der Waals surface area contributed by atoms with Crippen LogP contribution in [-0.2, 0) is 14.3 Å². The summed E-state index contributed by atoms with van der Waals surface area (Å²) >= 11 is 0. The van der Waals surface area contributed by atoms with E-state index < -0.39 is 17.3 Å². The summed E-state index contributed by atoms with van der Waals surface area (Å²) in [6.07, 6.45) is 4.20. The molecular weight excluding hydrogens is 590 g/mol. The fourth-order valence-electron chi connectivity index (χ4n) is 6.02. The Hall–Kier alpha value is -3.05. The van der Waals surface area contributed by atoms with Crippen LogP contribution in [-0.4, -0.2) is 114 Å². The van der Waals surface area contributed by atoms with Crippen molar-refractivity contribution in [3.8, 4) is 11.5 Å². The second-order valence-electron chi connectivity index (χ2n) is 14.5. The van der Waals surface area contributed by atoms with Crippen LogP contribution < -0.4 is 9.47 Å². The lowest BCUT2D eigenvalue weighted by molar-refractivity contribution is -0.136. The lowest BCUT2D eigenvalue weighted by atomic mass is 9.93. The van der Waals surface area contributed by atoms with E-state index >= 15 is 0 Å². The Bertz CT molecular complexity index is 1170. The molecule has 3 rings (SSSR count). The number of hydrogen-bond donors (Lipinski definition) is 1. The van der Waals surface area contributed by atoms with Crippen LogP contribution in [0.3, 0.4) is 0 Å². The molecule has 11 nitrogen and oxygen atoms in total. The summed E-state index contributed by atoms with van der Waals surface area (Å²) in [5.41, 5.74) is -1.29. The van der Waals surface area contributed by atoms with E-state index in [9.17, 15) is 19.5 Å². The molecule has 1 saturated carbocycles. The minimum Gasteiger partial charge on any atom is -0.493 e. The Kier molecular flexibility index (Phi) is 13.2. The lowest BCUT2D eigenvalue weighted by Crippen LogP contribution is -2.58. The van der Waals surface area contributed by atoms with Gasteiger partial charge in [-0.15, -0.1) is 0 Å². The topological polar surface area (TPSA) is 118 Å². The Morgan fingerprint density at radius 2 is 1.65 bits per heavy atom. The standard InChI is InChI=1S/C35H57N3O8/c1-24(2)38(32(40)25-11-16-29(44-9)30(21-25)45-20-10-19-43-8)28-15-14-27(37(23-28)33(41)46-34(3,4)5)17-18-36(26-12-13-26)31(39)22-35(6,7)42/h11,16,21,24,26-28,42H,10,12-15,17-20,22-23H2,1-9H3/t27-,28-/m1/s1. The molecule has 46 heavy (non-hydrogen) atoms. The number of benzene rings is 1. The predicted octanol–water partition coefficient (Wildman–Crippen LogP) is 5.27. The highest BCUT2D eigenvalue weighted by Crippen LogP contribution is 2.33. The number of carbonyl (C=O) groups excluding carboxylic acids is 3. The zero-order chi connectivity index (χ0) is 34.2. The molecule has 1 aromatic carbocycles. The third-order valence-electron chi connectivity index (χ3n) is 8.25. The molecule has 2 aliphatic rings. The molecule has 11 heteroatoms. The van der Waals surface area contributed by atoms with E-state index in [0.717, 1.165) is 12.8 Å². The first kappa shape index (κ1) is 37.4. The monoisotopic (exact) mass is 647 g/mol. The molecule has 0 spiro atoms. The van der Waals surface area contributed by atoms with E-state index in [1.54, 1.807) is 51.2 Å². The largest absolute Gasteiger partial charge is 0.493 e. The first-order valence-electron chi connectivity index (χ1n) is 16.7. The van der Waals surface area contributed by atoms with E-state index in [0.29, 0.717) is 69.0 Å². The second kappa shape index (κ2) is 16.2. The average molecular weight is 648 g/mol. The minimum atomic E-state index is -1.08. The van der Waals surface area contributed by atoms with Crippen LogP contribution in [0.5, 0.6) is 11.5 Å². The third-order valence-corrected chi connectivity index (χ3v) is 8.25. The van der Waals surface area contributed by atoms with Crippen molar-refractivity contribution < 1.29 is 38.4 Å². The fourth-order valence-corrected chi connectivity index (χ4v) is 6.02. The average Bonchev–Trinajstić information content (AvgIpc) is 3.79. The Morgan fingerprint density at radius 3 is 2.22 bits per heavy atom. The van der Waals surface area contributed by atoms with Gasteiger partial charge in [0.15, 0.2) is 11.5 Å². The van der Waals surface area contributed by atoms with E-state index in [4.69, 9.17) is 18.9 Å². The van der Waals surface area contributed by atoms with Gasteiger partial charge in [0.25, 0.3) is 5.91 Å². The third kappa shape index (κ3) is 11.0. The minimum absolute atomic E-state index is 0.0583. The summed E-state index contributed by atoms with van der Waals surface area (Å²) < 4.78 is 22.4. The quantitative estimate of drug-likeness (QED) is 0.256. The van der Waals surface area contributed by atoms with Crippen LogP contribution in [0.25, 0.3) is 0 Å². The van der Waals surface area contributed by atoms with Crippen molar-refractivity contribution in [2.45, 2.75) is 129 Å². The molecule has 1 aliphatic carbocycles. The first-order chi connectivity index (χ1) is 21.5. The number of rotatable bonds is 15. The molecule has 260 valence electrons. The van der Waals surface area contributed by atoms with Gasteiger partial charge in [-0.05, 0) is 98.8 Å². The van der Waals surface area contributed by atoms with Crippen molar-refractivity contribution in [3.05, 3.63) is 23.8 Å². The van der Waals surface area contributed by atoms with E-state index in [-0.39, 0.29) is 42.4 Å². The van der Waals surface area contributed by atoms with Gasteiger partial charge in [0.2, 0.25) is 5.91 Å². The molecule has 0 radical (unpaired) electrons.